The quantitative estimate of drug-likeness (QED) is 0.299. The second-order valence-electron chi connectivity index (χ2n) is 9.46. The summed E-state index contributed by atoms with van der Waals surface area (Å²) in [6.07, 6.45) is -3.04. The molecule has 1 aliphatic carbocycles. The van der Waals surface area contributed by atoms with Crippen molar-refractivity contribution in [2.24, 2.45) is 0 Å². The summed E-state index contributed by atoms with van der Waals surface area (Å²) in [7, 11) is -4.42. The second-order valence-corrected chi connectivity index (χ2v) is 11.1. The molecule has 0 spiro atoms. The molecule has 12 heteroatoms. The average molecular weight is 567 g/mol. The maximum Gasteiger partial charge on any atom is 0.530 e. The number of hydrogen-bond acceptors (Lipinski definition) is 10. The maximum absolute atomic E-state index is 14.1. The smallest absolute Gasteiger partial charge is 0.453 e. The van der Waals surface area contributed by atoms with Crippen LogP contribution in [0, 0.1) is 0 Å². The number of carbonyl (C=O) groups excluding carboxylic acids is 1. The van der Waals surface area contributed by atoms with Gasteiger partial charge in [0.25, 0.3) is 5.91 Å². The summed E-state index contributed by atoms with van der Waals surface area (Å²) in [5.41, 5.74) is 1.92. The Kier molecular flexibility index (Phi) is 7.09. The number of ether oxygens (including phenoxy) is 2. The second kappa shape index (κ2) is 10.7. The van der Waals surface area contributed by atoms with Gasteiger partial charge in [-0.1, -0.05) is 60.7 Å². The Bertz CT molecular complexity index is 1450. The van der Waals surface area contributed by atoms with Crippen molar-refractivity contribution >= 4 is 19.3 Å². The monoisotopic (exact) mass is 567 g/mol. The minimum absolute atomic E-state index is 0.0248. The van der Waals surface area contributed by atoms with Crippen LogP contribution >= 0.6 is 7.82 Å². The summed E-state index contributed by atoms with van der Waals surface area (Å²) in [4.78, 5) is 13.4. The van der Waals surface area contributed by atoms with Crippen molar-refractivity contribution in [1.82, 2.24) is 5.32 Å². The first-order chi connectivity index (χ1) is 19.3. The number of phosphoric acid groups is 1. The standard InChI is InChI=1S/C28H26NO10P/c30-20-11-19-18-12-21-26(36-15-35-21)27(22(18)28(33)29-23(19)25(32)24(20)31)39-40(34,37-13-16-7-3-1-4-8-16)38-14-17-9-5-2-6-10-17/h1-12,20,23-25,30-32H,13-15H2,(H,29,33)/t20-,23+,24+,25-/m0/s1. The number of hydrogen-bond donors (Lipinski definition) is 4. The average Bonchev–Trinajstić information content (AvgIpc) is 3.45. The van der Waals surface area contributed by atoms with Gasteiger partial charge in [0.2, 0.25) is 12.5 Å². The van der Waals surface area contributed by atoms with Crippen LogP contribution in [0.1, 0.15) is 27.0 Å². The van der Waals surface area contributed by atoms with Crippen molar-refractivity contribution in [2.75, 3.05) is 6.79 Å². The van der Waals surface area contributed by atoms with E-state index < -0.39 is 38.1 Å². The van der Waals surface area contributed by atoms with Gasteiger partial charge in [-0.2, -0.15) is 0 Å². The molecular formula is C28H26NO10P. The molecule has 0 fully saturated rings. The number of amides is 1. The molecule has 0 bridgehead atoms. The van der Waals surface area contributed by atoms with Crippen LogP contribution in [0.2, 0.25) is 0 Å². The minimum Gasteiger partial charge on any atom is -0.453 e. The van der Waals surface area contributed by atoms with E-state index in [1.54, 1.807) is 48.5 Å². The van der Waals surface area contributed by atoms with E-state index in [1.807, 2.05) is 12.1 Å². The van der Waals surface area contributed by atoms with Gasteiger partial charge in [-0.3, -0.25) is 13.8 Å². The molecule has 3 aromatic rings. The lowest BCUT2D eigenvalue weighted by Crippen LogP contribution is -2.57. The van der Waals surface area contributed by atoms with Crippen LogP contribution in [0.15, 0.2) is 72.8 Å². The predicted molar refractivity (Wildman–Crippen MR) is 141 cm³/mol. The van der Waals surface area contributed by atoms with Crippen molar-refractivity contribution in [3.8, 4) is 17.2 Å². The highest BCUT2D eigenvalue weighted by molar-refractivity contribution is 7.48. The van der Waals surface area contributed by atoms with Crippen LogP contribution in [-0.2, 0) is 26.8 Å². The third-order valence-corrected chi connectivity index (χ3v) is 8.14. The number of carbonyl (C=O) groups is 1. The molecule has 0 aromatic heterocycles. The number of fused-ring (bicyclic) bond motifs is 4. The molecule has 3 aliphatic rings. The molecule has 2 aliphatic heterocycles. The lowest BCUT2D eigenvalue weighted by Gasteiger charge is -2.39. The molecule has 0 unspecified atom stereocenters. The van der Waals surface area contributed by atoms with Crippen molar-refractivity contribution in [1.29, 1.82) is 0 Å². The molecule has 4 atom stereocenters. The zero-order chi connectivity index (χ0) is 27.9. The summed E-state index contributed by atoms with van der Waals surface area (Å²) < 4.78 is 42.7. The first kappa shape index (κ1) is 26.5. The Morgan fingerprint density at radius 1 is 0.900 bits per heavy atom. The molecule has 0 saturated heterocycles. The first-order valence-electron chi connectivity index (χ1n) is 12.5. The van der Waals surface area contributed by atoms with E-state index in [-0.39, 0.29) is 48.4 Å². The van der Waals surface area contributed by atoms with E-state index in [9.17, 15) is 24.7 Å². The Balaban J connectivity index is 1.41. The highest BCUT2D eigenvalue weighted by atomic mass is 31.2. The molecule has 4 N–H and O–H groups in total. The largest absolute Gasteiger partial charge is 0.530 e. The van der Waals surface area contributed by atoms with Crippen molar-refractivity contribution in [3.05, 3.63) is 95.1 Å². The van der Waals surface area contributed by atoms with Gasteiger partial charge in [0, 0.05) is 5.56 Å². The van der Waals surface area contributed by atoms with Crippen LogP contribution < -0.4 is 19.3 Å². The summed E-state index contributed by atoms with van der Waals surface area (Å²) in [5, 5.41) is 33.7. The number of rotatable bonds is 8. The molecule has 1 amide bonds. The molecule has 0 radical (unpaired) electrons. The van der Waals surface area contributed by atoms with Gasteiger partial charge in [0.15, 0.2) is 11.5 Å². The number of phosphoric ester groups is 1. The van der Waals surface area contributed by atoms with Crippen molar-refractivity contribution in [3.63, 3.8) is 0 Å². The SMILES string of the molecule is O=C1N[C@@H]2C(=C[C@H](O)[C@@H](O)[C@H]2O)c2cc3c(c(OP(=O)(OCc4ccccc4)OCc4ccccc4)c21)OCO3. The number of nitrogens with one attached hydrogen (secondary N) is 1. The Labute approximate surface area is 229 Å². The zero-order valence-corrected chi connectivity index (χ0v) is 21.9. The van der Waals surface area contributed by atoms with Gasteiger partial charge < -0.3 is 34.6 Å². The van der Waals surface area contributed by atoms with E-state index >= 15 is 0 Å². The molecular weight excluding hydrogens is 541 g/mol. The summed E-state index contributed by atoms with van der Waals surface area (Å²) in [5.74, 6) is -0.709. The van der Waals surface area contributed by atoms with Crippen LogP contribution in [0.4, 0.5) is 0 Å². The highest BCUT2D eigenvalue weighted by Gasteiger charge is 2.46. The molecule has 3 aromatic carbocycles. The normalized spacial score (nSPS) is 23.1. The molecule has 208 valence electrons. The van der Waals surface area contributed by atoms with Crippen LogP contribution in [0.5, 0.6) is 17.2 Å². The first-order valence-corrected chi connectivity index (χ1v) is 14.0. The fraction of sp³-hybridized carbons (Fsp3) is 0.250. The number of aliphatic hydroxyl groups is 3. The molecule has 0 saturated carbocycles. The van der Waals surface area contributed by atoms with E-state index in [1.165, 1.54) is 12.1 Å². The van der Waals surface area contributed by atoms with Crippen LogP contribution in [0.3, 0.4) is 0 Å². The molecule has 11 nitrogen and oxygen atoms in total. The maximum atomic E-state index is 14.1. The summed E-state index contributed by atoms with van der Waals surface area (Å²) in [6, 6.07) is 18.5. The zero-order valence-electron chi connectivity index (χ0n) is 21.0. The van der Waals surface area contributed by atoms with E-state index in [0.29, 0.717) is 16.7 Å². The molecule has 2 heterocycles. The van der Waals surface area contributed by atoms with Crippen LogP contribution in [0.25, 0.3) is 5.57 Å². The highest BCUT2D eigenvalue weighted by Crippen LogP contribution is 2.58. The van der Waals surface area contributed by atoms with Gasteiger partial charge in [-0.25, -0.2) is 4.57 Å². The minimum atomic E-state index is -4.42. The third-order valence-electron chi connectivity index (χ3n) is 6.84. The Morgan fingerprint density at radius 3 is 2.15 bits per heavy atom. The van der Waals surface area contributed by atoms with Gasteiger partial charge in [-0.05, 0) is 28.8 Å². The topological polar surface area (TPSA) is 153 Å². The fourth-order valence-corrected chi connectivity index (χ4v) is 6.01. The Hall–Kier alpha value is -3.70. The predicted octanol–water partition coefficient (Wildman–Crippen LogP) is 2.93. The van der Waals surface area contributed by atoms with Gasteiger partial charge in [0.05, 0.1) is 24.8 Å². The van der Waals surface area contributed by atoms with E-state index in [0.717, 1.165) is 0 Å². The summed E-state index contributed by atoms with van der Waals surface area (Å²) in [6.45, 7) is -0.420. The number of benzene rings is 3. The fourth-order valence-electron chi connectivity index (χ4n) is 4.81. The number of aliphatic hydroxyl groups excluding tert-OH is 3. The van der Waals surface area contributed by atoms with Gasteiger partial charge in [-0.15, -0.1) is 0 Å². The van der Waals surface area contributed by atoms with Gasteiger partial charge in [0.1, 0.15) is 18.3 Å². The summed E-state index contributed by atoms with van der Waals surface area (Å²) >= 11 is 0. The lowest BCUT2D eigenvalue weighted by atomic mass is 9.79. The van der Waals surface area contributed by atoms with Crippen molar-refractivity contribution < 1.29 is 47.7 Å². The Morgan fingerprint density at radius 2 is 1.52 bits per heavy atom. The molecule has 40 heavy (non-hydrogen) atoms. The van der Waals surface area contributed by atoms with E-state index in [2.05, 4.69) is 5.32 Å². The lowest BCUT2D eigenvalue weighted by molar-refractivity contribution is -0.0535. The molecule has 6 rings (SSSR count). The third kappa shape index (κ3) is 4.99. The van der Waals surface area contributed by atoms with E-state index in [4.69, 9.17) is 23.0 Å². The van der Waals surface area contributed by atoms with Gasteiger partial charge >= 0.3 is 7.82 Å². The van der Waals surface area contributed by atoms with Crippen molar-refractivity contribution in [2.45, 2.75) is 37.6 Å². The van der Waals surface area contributed by atoms with Crippen LogP contribution in [-0.4, -0.2) is 52.4 Å².